The van der Waals surface area contributed by atoms with Gasteiger partial charge in [0.1, 0.15) is 6.10 Å². The largest absolute Gasteiger partial charge is 0.402 e. The molecule has 0 heterocycles. The number of allylic oxidation sites excluding steroid dienone is 5. The van der Waals surface area contributed by atoms with Crippen molar-refractivity contribution in [1.82, 2.24) is 0 Å². The van der Waals surface area contributed by atoms with Gasteiger partial charge in [-0.3, -0.25) is 4.79 Å². The predicted molar refractivity (Wildman–Crippen MR) is 63.9 cm³/mol. The monoisotopic (exact) mass is 235 g/mol. The van der Waals surface area contributed by atoms with Gasteiger partial charge in [-0.1, -0.05) is 0 Å². The summed E-state index contributed by atoms with van der Waals surface area (Å²) in [7, 11) is 0. The van der Waals surface area contributed by atoms with Crippen molar-refractivity contribution in [3.63, 3.8) is 0 Å². The number of Topliss-reactive ketones (excluding diaryl/α,β-unsaturated/α-hetero) is 1. The van der Waals surface area contributed by atoms with Crippen molar-refractivity contribution >= 4 is 5.78 Å². The Hall–Kier alpha value is -1.39. The maximum Gasteiger partial charge on any atom is 0.168 e. The third-order valence-corrected chi connectivity index (χ3v) is 3.22. The van der Waals surface area contributed by atoms with Crippen LogP contribution in [0.4, 0.5) is 0 Å². The highest BCUT2D eigenvalue weighted by Crippen LogP contribution is 2.32. The van der Waals surface area contributed by atoms with Gasteiger partial charge in [0.25, 0.3) is 0 Å². The van der Waals surface area contributed by atoms with E-state index in [9.17, 15) is 15.0 Å². The number of hydrogen-bond acceptors (Lipinski definition) is 4. The summed E-state index contributed by atoms with van der Waals surface area (Å²) < 4.78 is 0. The highest BCUT2D eigenvalue weighted by atomic mass is 16.3. The van der Waals surface area contributed by atoms with Crippen LogP contribution >= 0.6 is 0 Å². The summed E-state index contributed by atoms with van der Waals surface area (Å²) in [6.45, 7) is 1.54. The third kappa shape index (κ3) is 2.33. The minimum absolute atomic E-state index is 0.00464. The lowest BCUT2D eigenvalue weighted by Crippen LogP contribution is -2.27. The van der Waals surface area contributed by atoms with Gasteiger partial charge >= 0.3 is 0 Å². The maximum atomic E-state index is 11.8. The Labute approximate surface area is 100 Å². The number of rotatable bonds is 2. The van der Waals surface area contributed by atoms with E-state index in [1.807, 2.05) is 6.08 Å². The number of hydrogen-bond donors (Lipinski definition) is 3. The number of ketones is 1. The molecule has 2 aliphatic carbocycles. The number of nitrogens with two attached hydrogens (primary N) is 1. The number of carbonyl (C=O) groups excluding carboxylic acids is 1. The SMILES string of the molecule is CC(O)C(O)C1=CC2=C(C=C(N)CC2=O)CC1. The molecule has 0 amide bonds. The van der Waals surface area contributed by atoms with E-state index < -0.39 is 12.2 Å². The molecule has 2 unspecified atom stereocenters. The topological polar surface area (TPSA) is 83.6 Å². The Morgan fingerprint density at radius 1 is 1.29 bits per heavy atom. The summed E-state index contributed by atoms with van der Waals surface area (Å²) >= 11 is 0. The molecule has 0 aliphatic heterocycles. The van der Waals surface area contributed by atoms with Gasteiger partial charge < -0.3 is 15.9 Å². The molecule has 0 saturated heterocycles. The minimum atomic E-state index is -0.889. The van der Waals surface area contributed by atoms with Crippen LogP contribution in [0.5, 0.6) is 0 Å². The van der Waals surface area contributed by atoms with Gasteiger partial charge in [-0.2, -0.15) is 0 Å². The van der Waals surface area contributed by atoms with E-state index in [1.54, 1.807) is 6.08 Å². The second-order valence-corrected chi connectivity index (χ2v) is 4.66. The molecule has 4 heteroatoms. The Bertz CT molecular complexity index is 444. The molecule has 92 valence electrons. The lowest BCUT2D eigenvalue weighted by Gasteiger charge is -2.25. The molecule has 2 atom stereocenters. The second-order valence-electron chi connectivity index (χ2n) is 4.66. The van der Waals surface area contributed by atoms with E-state index >= 15 is 0 Å². The van der Waals surface area contributed by atoms with Crippen molar-refractivity contribution in [1.29, 1.82) is 0 Å². The minimum Gasteiger partial charge on any atom is -0.402 e. The van der Waals surface area contributed by atoms with E-state index in [1.165, 1.54) is 6.92 Å². The van der Waals surface area contributed by atoms with Crippen molar-refractivity contribution in [2.75, 3.05) is 0 Å². The van der Waals surface area contributed by atoms with Crippen LogP contribution in [0.15, 0.2) is 34.6 Å². The first-order valence-corrected chi connectivity index (χ1v) is 5.78. The summed E-state index contributed by atoms with van der Waals surface area (Å²) in [5, 5.41) is 19.1. The summed E-state index contributed by atoms with van der Waals surface area (Å²) in [5.74, 6) is -0.00464. The average Bonchev–Trinajstić information content (AvgIpc) is 2.27. The molecule has 0 aromatic heterocycles. The molecule has 0 aromatic carbocycles. The van der Waals surface area contributed by atoms with Crippen LogP contribution in [0.25, 0.3) is 0 Å². The lowest BCUT2D eigenvalue weighted by molar-refractivity contribution is -0.114. The van der Waals surface area contributed by atoms with Crippen LogP contribution in [-0.4, -0.2) is 28.2 Å². The average molecular weight is 235 g/mol. The van der Waals surface area contributed by atoms with Crippen LogP contribution in [0.3, 0.4) is 0 Å². The molecule has 2 rings (SSSR count). The maximum absolute atomic E-state index is 11.8. The van der Waals surface area contributed by atoms with Crippen LogP contribution in [0, 0.1) is 0 Å². The molecule has 0 saturated carbocycles. The van der Waals surface area contributed by atoms with Crippen LogP contribution in [0.1, 0.15) is 26.2 Å². The fourth-order valence-corrected chi connectivity index (χ4v) is 2.27. The highest BCUT2D eigenvalue weighted by molar-refractivity contribution is 6.02. The molecule has 0 fully saturated rings. The van der Waals surface area contributed by atoms with E-state index in [-0.39, 0.29) is 12.2 Å². The smallest absolute Gasteiger partial charge is 0.168 e. The molecule has 2 aliphatic rings. The first-order valence-electron chi connectivity index (χ1n) is 5.78. The molecule has 17 heavy (non-hydrogen) atoms. The number of aliphatic hydroxyl groups is 2. The highest BCUT2D eigenvalue weighted by Gasteiger charge is 2.26. The molecular weight excluding hydrogens is 218 g/mol. The van der Waals surface area contributed by atoms with E-state index in [0.717, 1.165) is 11.1 Å². The van der Waals surface area contributed by atoms with Gasteiger partial charge in [-0.05, 0) is 43.1 Å². The van der Waals surface area contributed by atoms with Crippen molar-refractivity contribution in [2.45, 2.75) is 38.4 Å². The van der Waals surface area contributed by atoms with E-state index in [0.29, 0.717) is 24.1 Å². The van der Waals surface area contributed by atoms with E-state index in [4.69, 9.17) is 5.73 Å². The van der Waals surface area contributed by atoms with Crippen LogP contribution in [0.2, 0.25) is 0 Å². The first kappa shape index (κ1) is 12.1. The van der Waals surface area contributed by atoms with Gasteiger partial charge in [0, 0.05) is 11.3 Å². The zero-order valence-corrected chi connectivity index (χ0v) is 9.81. The molecule has 4 nitrogen and oxygen atoms in total. The van der Waals surface area contributed by atoms with Crippen molar-refractivity contribution in [3.8, 4) is 0 Å². The van der Waals surface area contributed by atoms with Gasteiger partial charge in [0.2, 0.25) is 0 Å². The molecule has 0 radical (unpaired) electrons. The fraction of sp³-hybridized carbons (Fsp3) is 0.462. The van der Waals surface area contributed by atoms with Crippen LogP contribution in [-0.2, 0) is 4.79 Å². The summed E-state index contributed by atoms with van der Waals surface area (Å²) in [5.41, 5.74) is 8.58. The van der Waals surface area contributed by atoms with Crippen molar-refractivity contribution in [3.05, 3.63) is 34.6 Å². The lowest BCUT2D eigenvalue weighted by atomic mass is 9.83. The molecule has 4 N–H and O–H groups in total. The predicted octanol–water partition coefficient (Wildman–Crippen LogP) is 0.560. The zero-order valence-electron chi connectivity index (χ0n) is 9.81. The van der Waals surface area contributed by atoms with E-state index in [2.05, 4.69) is 0 Å². The Morgan fingerprint density at radius 2 is 2.00 bits per heavy atom. The normalized spacial score (nSPS) is 23.8. The standard InChI is InChI=1S/C13H17NO3/c1-7(15)13(17)9-3-2-8-4-10(14)6-12(16)11(8)5-9/h4-5,7,13,15,17H,2-3,6,14H2,1H3. The van der Waals surface area contributed by atoms with Gasteiger partial charge in [-0.25, -0.2) is 0 Å². The quantitative estimate of drug-likeness (QED) is 0.653. The summed E-state index contributed by atoms with van der Waals surface area (Å²) in [6, 6.07) is 0. The molecular formula is C13H17NO3. The van der Waals surface area contributed by atoms with Crippen molar-refractivity contribution < 1.29 is 15.0 Å². The summed E-state index contributed by atoms with van der Waals surface area (Å²) in [6.07, 6.45) is 3.44. The fourth-order valence-electron chi connectivity index (χ4n) is 2.27. The van der Waals surface area contributed by atoms with Gasteiger partial charge in [0.15, 0.2) is 5.78 Å². The third-order valence-electron chi connectivity index (χ3n) is 3.22. The molecule has 0 aromatic rings. The Morgan fingerprint density at radius 3 is 2.65 bits per heavy atom. The zero-order chi connectivity index (χ0) is 12.6. The Kier molecular flexibility index (Phi) is 3.17. The molecule has 0 spiro atoms. The first-order chi connectivity index (χ1) is 7.99. The van der Waals surface area contributed by atoms with Gasteiger partial charge in [-0.15, -0.1) is 0 Å². The Balaban J connectivity index is 2.33. The number of aliphatic hydroxyl groups excluding tert-OH is 2. The van der Waals surface area contributed by atoms with Crippen LogP contribution < -0.4 is 5.73 Å². The van der Waals surface area contributed by atoms with Gasteiger partial charge in [0.05, 0.1) is 12.5 Å². The number of carbonyl (C=O) groups is 1. The second kappa shape index (κ2) is 4.47. The summed E-state index contributed by atoms with van der Waals surface area (Å²) in [4.78, 5) is 11.8. The van der Waals surface area contributed by atoms with Crippen molar-refractivity contribution in [2.24, 2.45) is 5.73 Å². The molecule has 0 bridgehead atoms.